The molecule has 4 rings (SSSR count). The maximum atomic E-state index is 13.0. The van der Waals surface area contributed by atoms with Crippen molar-refractivity contribution in [2.45, 2.75) is 19.9 Å². The third-order valence-electron chi connectivity index (χ3n) is 5.33. The molecule has 168 valence electrons. The molecule has 0 fully saturated rings. The van der Waals surface area contributed by atoms with Gasteiger partial charge in [0.25, 0.3) is 17.4 Å². The molecule has 0 spiro atoms. The van der Waals surface area contributed by atoms with E-state index in [1.165, 1.54) is 4.68 Å². The summed E-state index contributed by atoms with van der Waals surface area (Å²) in [6.07, 6.45) is 0. The standard InChI is InChI=1S/C26H21N5O3/c1-16(2)31-26(34)22-14-8-6-12-20(22)23(30-31)25(33)29-28-24(32)21-13-7-5-11-19(21)18-10-4-3-9-17(18)15-27/h3-14,16H,1-2H3,(H,28,32)(H,29,33). The molecule has 0 unspecified atom stereocenters. The first-order valence-corrected chi connectivity index (χ1v) is 10.6. The van der Waals surface area contributed by atoms with Crippen molar-refractivity contribution in [1.82, 2.24) is 20.6 Å². The Balaban J connectivity index is 1.64. The fourth-order valence-electron chi connectivity index (χ4n) is 3.70. The molecule has 8 nitrogen and oxygen atoms in total. The van der Waals surface area contributed by atoms with Crippen molar-refractivity contribution in [3.63, 3.8) is 0 Å². The average Bonchev–Trinajstić information content (AvgIpc) is 2.87. The van der Waals surface area contributed by atoms with Gasteiger partial charge in [-0.15, -0.1) is 0 Å². The second-order valence-electron chi connectivity index (χ2n) is 7.85. The highest BCUT2D eigenvalue weighted by atomic mass is 16.2. The number of rotatable bonds is 4. The Morgan fingerprint density at radius 3 is 2.15 bits per heavy atom. The summed E-state index contributed by atoms with van der Waals surface area (Å²) in [5.41, 5.74) is 6.44. The maximum absolute atomic E-state index is 13.0. The van der Waals surface area contributed by atoms with Gasteiger partial charge in [-0.1, -0.05) is 54.6 Å². The number of carbonyl (C=O) groups excluding carboxylic acids is 2. The normalized spacial score (nSPS) is 10.6. The third-order valence-corrected chi connectivity index (χ3v) is 5.33. The Bertz CT molecular complexity index is 1520. The van der Waals surface area contributed by atoms with Crippen LogP contribution in [-0.2, 0) is 0 Å². The van der Waals surface area contributed by atoms with Gasteiger partial charge in [-0.05, 0) is 37.6 Å². The summed E-state index contributed by atoms with van der Waals surface area (Å²) in [5.74, 6) is -1.22. The van der Waals surface area contributed by atoms with Crippen LogP contribution in [0.3, 0.4) is 0 Å². The number of nitrogens with one attached hydrogen (secondary N) is 2. The first-order valence-electron chi connectivity index (χ1n) is 10.6. The molecule has 0 aliphatic carbocycles. The van der Waals surface area contributed by atoms with Crippen LogP contribution in [0.25, 0.3) is 21.9 Å². The highest BCUT2D eigenvalue weighted by Gasteiger charge is 2.20. The van der Waals surface area contributed by atoms with Crippen LogP contribution in [-0.4, -0.2) is 21.6 Å². The molecular formula is C26H21N5O3. The zero-order valence-corrected chi connectivity index (χ0v) is 18.6. The fourth-order valence-corrected chi connectivity index (χ4v) is 3.70. The predicted molar refractivity (Wildman–Crippen MR) is 128 cm³/mol. The van der Waals surface area contributed by atoms with Crippen LogP contribution in [0.2, 0.25) is 0 Å². The first kappa shape index (κ1) is 22.4. The molecule has 0 aliphatic rings. The lowest BCUT2D eigenvalue weighted by atomic mass is 9.95. The van der Waals surface area contributed by atoms with E-state index in [-0.39, 0.29) is 22.9 Å². The van der Waals surface area contributed by atoms with E-state index in [0.29, 0.717) is 27.5 Å². The van der Waals surface area contributed by atoms with Crippen molar-refractivity contribution in [2.75, 3.05) is 0 Å². The quantitative estimate of drug-likeness (QED) is 0.460. The Hall–Kier alpha value is -4.77. The van der Waals surface area contributed by atoms with E-state index in [9.17, 15) is 19.6 Å². The van der Waals surface area contributed by atoms with Gasteiger partial charge < -0.3 is 0 Å². The summed E-state index contributed by atoms with van der Waals surface area (Å²) in [6.45, 7) is 3.59. The van der Waals surface area contributed by atoms with E-state index in [2.05, 4.69) is 22.0 Å². The minimum atomic E-state index is -0.658. The second-order valence-corrected chi connectivity index (χ2v) is 7.85. The molecule has 1 aromatic heterocycles. The van der Waals surface area contributed by atoms with Crippen LogP contribution < -0.4 is 16.4 Å². The van der Waals surface area contributed by atoms with Gasteiger partial charge >= 0.3 is 0 Å². The van der Waals surface area contributed by atoms with Gasteiger partial charge in [-0.25, -0.2) is 4.68 Å². The summed E-state index contributed by atoms with van der Waals surface area (Å²) < 4.78 is 1.24. The Morgan fingerprint density at radius 1 is 0.853 bits per heavy atom. The topological polar surface area (TPSA) is 117 Å². The molecule has 0 aliphatic heterocycles. The molecule has 3 aromatic carbocycles. The summed E-state index contributed by atoms with van der Waals surface area (Å²) >= 11 is 0. The molecule has 0 bridgehead atoms. The van der Waals surface area contributed by atoms with Crippen LogP contribution in [0.4, 0.5) is 0 Å². The maximum Gasteiger partial charge on any atom is 0.290 e. The minimum absolute atomic E-state index is 0.0207. The van der Waals surface area contributed by atoms with Crippen LogP contribution in [0.5, 0.6) is 0 Å². The van der Waals surface area contributed by atoms with Gasteiger partial charge in [0, 0.05) is 16.5 Å². The molecule has 0 saturated heterocycles. The number of nitriles is 1. The van der Waals surface area contributed by atoms with Crippen molar-refractivity contribution >= 4 is 22.6 Å². The number of amides is 2. The van der Waals surface area contributed by atoms with Crippen molar-refractivity contribution < 1.29 is 9.59 Å². The van der Waals surface area contributed by atoms with Crippen molar-refractivity contribution in [3.05, 3.63) is 100.0 Å². The lowest BCUT2D eigenvalue weighted by Gasteiger charge is -2.14. The van der Waals surface area contributed by atoms with Crippen molar-refractivity contribution in [2.24, 2.45) is 0 Å². The van der Waals surface area contributed by atoms with Gasteiger partial charge in [0.05, 0.1) is 23.1 Å². The van der Waals surface area contributed by atoms with E-state index in [1.807, 2.05) is 0 Å². The number of hydrogen-bond acceptors (Lipinski definition) is 5. The monoisotopic (exact) mass is 451 g/mol. The Kier molecular flexibility index (Phi) is 6.19. The van der Waals surface area contributed by atoms with Gasteiger partial charge in [-0.3, -0.25) is 25.2 Å². The summed E-state index contributed by atoms with van der Waals surface area (Å²) in [5, 5.41) is 14.4. The zero-order chi connectivity index (χ0) is 24.2. The van der Waals surface area contributed by atoms with Crippen LogP contribution in [0, 0.1) is 11.3 Å². The Labute approximate surface area is 195 Å². The predicted octanol–water partition coefficient (Wildman–Crippen LogP) is 3.59. The number of aromatic nitrogens is 2. The zero-order valence-electron chi connectivity index (χ0n) is 18.6. The molecule has 0 saturated carbocycles. The van der Waals surface area contributed by atoms with Gasteiger partial charge in [0.15, 0.2) is 5.69 Å². The van der Waals surface area contributed by atoms with Crippen LogP contribution in [0.15, 0.2) is 77.6 Å². The molecule has 0 radical (unpaired) electrons. The Morgan fingerprint density at radius 2 is 1.44 bits per heavy atom. The molecule has 1 heterocycles. The number of fused-ring (bicyclic) bond motifs is 1. The summed E-state index contributed by atoms with van der Waals surface area (Å²) in [6, 6.07) is 22.3. The van der Waals surface area contributed by atoms with Crippen molar-refractivity contribution in [1.29, 1.82) is 5.26 Å². The number of hydrogen-bond donors (Lipinski definition) is 2. The summed E-state index contributed by atoms with van der Waals surface area (Å²) in [7, 11) is 0. The lowest BCUT2D eigenvalue weighted by Crippen LogP contribution is -2.43. The number of carbonyl (C=O) groups is 2. The smallest absolute Gasteiger partial charge is 0.267 e. The third kappa shape index (κ3) is 4.14. The van der Waals surface area contributed by atoms with Crippen LogP contribution in [0.1, 0.15) is 46.3 Å². The number of hydrazine groups is 1. The molecule has 4 aromatic rings. The SMILES string of the molecule is CC(C)n1nc(C(=O)NNC(=O)c2ccccc2-c2ccccc2C#N)c2ccccc2c1=O. The fraction of sp³-hybridized carbons (Fsp3) is 0.115. The van der Waals surface area contributed by atoms with E-state index < -0.39 is 11.8 Å². The highest BCUT2D eigenvalue weighted by Crippen LogP contribution is 2.26. The van der Waals surface area contributed by atoms with Gasteiger partial charge in [0.2, 0.25) is 0 Å². The minimum Gasteiger partial charge on any atom is -0.267 e. The molecular weight excluding hydrogens is 430 g/mol. The van der Waals surface area contributed by atoms with E-state index in [4.69, 9.17) is 0 Å². The average molecular weight is 451 g/mol. The van der Waals surface area contributed by atoms with E-state index in [0.717, 1.165) is 0 Å². The van der Waals surface area contributed by atoms with Gasteiger partial charge in [-0.2, -0.15) is 10.4 Å². The molecule has 8 heteroatoms. The summed E-state index contributed by atoms with van der Waals surface area (Å²) in [4.78, 5) is 38.7. The molecule has 2 amide bonds. The van der Waals surface area contributed by atoms with Gasteiger partial charge in [0.1, 0.15) is 0 Å². The molecule has 34 heavy (non-hydrogen) atoms. The van der Waals surface area contributed by atoms with E-state index >= 15 is 0 Å². The second kappa shape index (κ2) is 9.38. The van der Waals surface area contributed by atoms with Crippen molar-refractivity contribution in [3.8, 4) is 17.2 Å². The number of benzene rings is 3. The molecule has 2 N–H and O–H groups in total. The van der Waals surface area contributed by atoms with E-state index in [1.54, 1.807) is 86.6 Å². The molecule has 0 atom stereocenters. The largest absolute Gasteiger partial charge is 0.290 e. The van der Waals surface area contributed by atoms with Crippen LogP contribution >= 0.6 is 0 Å². The lowest BCUT2D eigenvalue weighted by molar-refractivity contribution is 0.0844. The highest BCUT2D eigenvalue weighted by molar-refractivity contribution is 6.07. The number of nitrogens with zero attached hydrogens (tertiary/aromatic N) is 3. The first-order chi connectivity index (χ1) is 16.4.